The molecule has 0 aliphatic heterocycles. The zero-order valence-corrected chi connectivity index (χ0v) is 12.6. The van der Waals surface area contributed by atoms with Gasteiger partial charge in [-0.25, -0.2) is 4.98 Å². The minimum Gasteiger partial charge on any atom is -0.298 e. The largest absolute Gasteiger partial charge is 0.298 e. The number of nitrogens with zero attached hydrogens (tertiary/aromatic N) is 2. The Labute approximate surface area is 116 Å². The van der Waals surface area contributed by atoms with E-state index < -0.39 is 0 Å². The Morgan fingerprint density at radius 2 is 2.05 bits per heavy atom. The fourth-order valence-corrected chi connectivity index (χ4v) is 2.65. The zero-order chi connectivity index (χ0) is 14.2. The molecule has 2 aromatic heterocycles. The molecule has 2 aromatic rings. The van der Waals surface area contributed by atoms with E-state index in [2.05, 4.69) is 41.3 Å². The Morgan fingerprint density at radius 3 is 2.53 bits per heavy atom. The SMILES string of the molecule is Cc1n[nH]c(C)c1C(=O)Nc1nc(C(C)(C)C)cs1. The number of amides is 1. The Hall–Kier alpha value is -1.69. The monoisotopic (exact) mass is 278 g/mol. The summed E-state index contributed by atoms with van der Waals surface area (Å²) < 4.78 is 0. The van der Waals surface area contributed by atoms with Crippen molar-refractivity contribution in [3.63, 3.8) is 0 Å². The van der Waals surface area contributed by atoms with Crippen LogP contribution in [-0.2, 0) is 5.41 Å². The maximum atomic E-state index is 12.2. The molecule has 0 bridgehead atoms. The van der Waals surface area contributed by atoms with Gasteiger partial charge in [0.05, 0.1) is 17.0 Å². The minimum atomic E-state index is -0.168. The van der Waals surface area contributed by atoms with Gasteiger partial charge in [0.1, 0.15) is 0 Å². The molecule has 0 aliphatic carbocycles. The van der Waals surface area contributed by atoms with E-state index >= 15 is 0 Å². The second-order valence-electron chi connectivity index (χ2n) is 5.55. The number of hydrogen-bond acceptors (Lipinski definition) is 4. The highest BCUT2D eigenvalue weighted by atomic mass is 32.1. The number of anilines is 1. The van der Waals surface area contributed by atoms with E-state index in [0.29, 0.717) is 16.4 Å². The summed E-state index contributed by atoms with van der Waals surface area (Å²) in [4.78, 5) is 16.6. The summed E-state index contributed by atoms with van der Waals surface area (Å²) in [5.74, 6) is -0.168. The number of H-pyrrole nitrogens is 1. The highest BCUT2D eigenvalue weighted by Gasteiger charge is 2.20. The number of thiazole rings is 1. The Bertz CT molecular complexity index is 587. The summed E-state index contributed by atoms with van der Waals surface area (Å²) in [6.45, 7) is 9.92. The molecule has 2 rings (SSSR count). The number of carbonyl (C=O) groups is 1. The molecule has 19 heavy (non-hydrogen) atoms. The molecule has 6 heteroatoms. The van der Waals surface area contributed by atoms with Gasteiger partial charge in [0.15, 0.2) is 5.13 Å². The predicted molar refractivity (Wildman–Crippen MR) is 76.8 cm³/mol. The van der Waals surface area contributed by atoms with E-state index in [-0.39, 0.29) is 11.3 Å². The highest BCUT2D eigenvalue weighted by molar-refractivity contribution is 7.14. The second-order valence-corrected chi connectivity index (χ2v) is 6.41. The highest BCUT2D eigenvalue weighted by Crippen LogP contribution is 2.26. The van der Waals surface area contributed by atoms with Crippen LogP contribution in [0.1, 0.15) is 48.2 Å². The lowest BCUT2D eigenvalue weighted by Gasteiger charge is -2.14. The van der Waals surface area contributed by atoms with Crippen LogP contribution < -0.4 is 5.32 Å². The molecule has 0 unspecified atom stereocenters. The number of nitrogens with one attached hydrogen (secondary N) is 2. The molecule has 5 nitrogen and oxygen atoms in total. The van der Waals surface area contributed by atoms with Crippen molar-refractivity contribution in [2.24, 2.45) is 0 Å². The fourth-order valence-electron chi connectivity index (χ4n) is 1.72. The van der Waals surface area contributed by atoms with Gasteiger partial charge in [0.2, 0.25) is 0 Å². The molecule has 0 aromatic carbocycles. The van der Waals surface area contributed by atoms with Crippen LogP contribution in [0.15, 0.2) is 5.38 Å². The number of hydrogen-bond donors (Lipinski definition) is 2. The average molecular weight is 278 g/mol. The molecule has 0 saturated carbocycles. The molecular weight excluding hydrogens is 260 g/mol. The molecule has 0 radical (unpaired) electrons. The molecule has 2 heterocycles. The van der Waals surface area contributed by atoms with E-state index in [1.54, 1.807) is 6.92 Å². The summed E-state index contributed by atoms with van der Waals surface area (Å²) >= 11 is 1.44. The van der Waals surface area contributed by atoms with Gasteiger partial charge >= 0.3 is 0 Å². The molecule has 2 N–H and O–H groups in total. The van der Waals surface area contributed by atoms with Crippen LogP contribution in [0.25, 0.3) is 0 Å². The average Bonchev–Trinajstić information content (AvgIpc) is 2.85. The van der Waals surface area contributed by atoms with Gasteiger partial charge in [0.25, 0.3) is 5.91 Å². The summed E-state index contributed by atoms with van der Waals surface area (Å²) in [5.41, 5.74) is 3.02. The van der Waals surface area contributed by atoms with Gasteiger partial charge < -0.3 is 0 Å². The van der Waals surface area contributed by atoms with Crippen LogP contribution in [0.5, 0.6) is 0 Å². The van der Waals surface area contributed by atoms with E-state index in [1.165, 1.54) is 11.3 Å². The van der Waals surface area contributed by atoms with Crippen molar-refractivity contribution in [2.45, 2.75) is 40.0 Å². The smallest absolute Gasteiger partial charge is 0.261 e. The van der Waals surface area contributed by atoms with Crippen LogP contribution in [0, 0.1) is 13.8 Å². The lowest BCUT2D eigenvalue weighted by Crippen LogP contribution is -2.15. The maximum absolute atomic E-state index is 12.2. The summed E-state index contributed by atoms with van der Waals surface area (Å²) in [6.07, 6.45) is 0. The van der Waals surface area contributed by atoms with Crippen LogP contribution in [0.4, 0.5) is 5.13 Å². The molecular formula is C13H18N4OS. The van der Waals surface area contributed by atoms with Crippen molar-refractivity contribution in [1.29, 1.82) is 0 Å². The number of aryl methyl sites for hydroxylation is 2. The van der Waals surface area contributed by atoms with Crippen molar-refractivity contribution in [3.8, 4) is 0 Å². The first-order valence-corrected chi connectivity index (χ1v) is 6.96. The Balaban J connectivity index is 2.18. The summed E-state index contributed by atoms with van der Waals surface area (Å²) in [5, 5.41) is 12.2. The van der Waals surface area contributed by atoms with E-state index in [1.807, 2.05) is 12.3 Å². The van der Waals surface area contributed by atoms with Gasteiger partial charge in [-0.15, -0.1) is 11.3 Å². The van der Waals surface area contributed by atoms with Crippen molar-refractivity contribution in [2.75, 3.05) is 5.32 Å². The number of aromatic amines is 1. The number of rotatable bonds is 2. The minimum absolute atomic E-state index is 0.0129. The van der Waals surface area contributed by atoms with Crippen molar-refractivity contribution in [1.82, 2.24) is 15.2 Å². The van der Waals surface area contributed by atoms with Gasteiger partial charge in [0, 0.05) is 16.5 Å². The van der Waals surface area contributed by atoms with Crippen LogP contribution in [-0.4, -0.2) is 21.1 Å². The molecule has 0 fully saturated rings. The molecule has 1 amide bonds. The lowest BCUT2D eigenvalue weighted by molar-refractivity contribution is 0.102. The third-order valence-electron chi connectivity index (χ3n) is 2.85. The molecule has 0 spiro atoms. The van der Waals surface area contributed by atoms with Gasteiger partial charge in [-0.3, -0.25) is 15.2 Å². The normalized spacial score (nSPS) is 11.6. The van der Waals surface area contributed by atoms with E-state index in [0.717, 1.165) is 11.4 Å². The van der Waals surface area contributed by atoms with Crippen molar-refractivity contribution >= 4 is 22.4 Å². The first-order chi connectivity index (χ1) is 8.79. The van der Waals surface area contributed by atoms with Gasteiger partial charge in [-0.2, -0.15) is 5.10 Å². The fraction of sp³-hybridized carbons (Fsp3) is 0.462. The van der Waals surface area contributed by atoms with Crippen molar-refractivity contribution in [3.05, 3.63) is 28.0 Å². The molecule has 102 valence electrons. The Kier molecular flexibility index (Phi) is 3.45. The predicted octanol–water partition coefficient (Wildman–Crippen LogP) is 3.03. The number of carbonyl (C=O) groups excluding carboxylic acids is 1. The third kappa shape index (κ3) is 2.84. The topological polar surface area (TPSA) is 70.7 Å². The first-order valence-electron chi connectivity index (χ1n) is 6.08. The van der Waals surface area contributed by atoms with Crippen LogP contribution >= 0.6 is 11.3 Å². The zero-order valence-electron chi connectivity index (χ0n) is 11.8. The molecule has 0 saturated heterocycles. The van der Waals surface area contributed by atoms with Crippen molar-refractivity contribution < 1.29 is 4.79 Å². The summed E-state index contributed by atoms with van der Waals surface area (Å²) in [7, 11) is 0. The van der Waals surface area contributed by atoms with Gasteiger partial charge in [-0.1, -0.05) is 20.8 Å². The lowest BCUT2D eigenvalue weighted by atomic mass is 9.93. The number of aromatic nitrogens is 3. The summed E-state index contributed by atoms with van der Waals surface area (Å²) in [6, 6.07) is 0. The quantitative estimate of drug-likeness (QED) is 0.887. The maximum Gasteiger partial charge on any atom is 0.261 e. The standard InChI is InChI=1S/C13H18N4OS/c1-7-10(8(2)17-16-7)11(18)15-12-14-9(6-19-12)13(3,4)5/h6H,1-5H3,(H,16,17)(H,14,15,18). The van der Waals surface area contributed by atoms with Gasteiger partial charge in [-0.05, 0) is 13.8 Å². The first kappa shape index (κ1) is 13.7. The van der Waals surface area contributed by atoms with E-state index in [9.17, 15) is 4.79 Å². The van der Waals surface area contributed by atoms with Crippen LogP contribution in [0.3, 0.4) is 0 Å². The van der Waals surface area contributed by atoms with Crippen LogP contribution in [0.2, 0.25) is 0 Å². The van der Waals surface area contributed by atoms with E-state index in [4.69, 9.17) is 0 Å². The Morgan fingerprint density at radius 1 is 1.37 bits per heavy atom. The molecule has 0 aliphatic rings. The third-order valence-corrected chi connectivity index (χ3v) is 3.61. The molecule has 0 atom stereocenters. The second kappa shape index (κ2) is 4.77.